The van der Waals surface area contributed by atoms with Crippen LogP contribution in [-0.2, 0) is 0 Å². The summed E-state index contributed by atoms with van der Waals surface area (Å²) in [6.07, 6.45) is 0.951. The van der Waals surface area contributed by atoms with E-state index in [0.29, 0.717) is 16.9 Å². The maximum atomic E-state index is 12.2. The van der Waals surface area contributed by atoms with Gasteiger partial charge in [-0.05, 0) is 50.1 Å². The third-order valence-electron chi connectivity index (χ3n) is 3.69. The molecule has 0 aliphatic carbocycles. The van der Waals surface area contributed by atoms with Gasteiger partial charge in [0.1, 0.15) is 5.75 Å². The first-order valence-electron chi connectivity index (χ1n) is 7.94. The number of rotatable bonds is 5. The molecule has 1 atom stereocenters. The van der Waals surface area contributed by atoms with Crippen molar-refractivity contribution in [1.29, 1.82) is 0 Å². The van der Waals surface area contributed by atoms with Gasteiger partial charge in [-0.2, -0.15) is 0 Å². The van der Waals surface area contributed by atoms with E-state index < -0.39 is 5.91 Å². The standard InChI is InChI=1S/C19H22N2O3/c1-4-14(3)24-16-10-7-9-15(12-16)18(22)20-21-19(23)17-11-6-5-8-13(17)2/h5-12,14H,4H2,1-3H3,(H,20,22)(H,21,23). The van der Waals surface area contributed by atoms with Crippen LogP contribution in [0.3, 0.4) is 0 Å². The molecule has 0 aliphatic rings. The fourth-order valence-electron chi connectivity index (χ4n) is 2.11. The predicted molar refractivity (Wildman–Crippen MR) is 92.9 cm³/mol. The molecule has 126 valence electrons. The number of hydrogen-bond donors (Lipinski definition) is 2. The summed E-state index contributed by atoms with van der Waals surface area (Å²) in [4.78, 5) is 24.3. The van der Waals surface area contributed by atoms with Crippen LogP contribution in [0.15, 0.2) is 48.5 Å². The number of ether oxygens (including phenoxy) is 1. The van der Waals surface area contributed by atoms with Gasteiger partial charge in [0, 0.05) is 11.1 Å². The smallest absolute Gasteiger partial charge is 0.269 e. The van der Waals surface area contributed by atoms with Crippen molar-refractivity contribution in [1.82, 2.24) is 10.9 Å². The average Bonchev–Trinajstić information content (AvgIpc) is 2.59. The maximum Gasteiger partial charge on any atom is 0.269 e. The minimum Gasteiger partial charge on any atom is -0.491 e. The maximum absolute atomic E-state index is 12.2. The van der Waals surface area contributed by atoms with E-state index in [2.05, 4.69) is 10.9 Å². The molecule has 0 saturated heterocycles. The van der Waals surface area contributed by atoms with Gasteiger partial charge in [0.05, 0.1) is 6.10 Å². The van der Waals surface area contributed by atoms with E-state index in [1.54, 1.807) is 36.4 Å². The molecule has 0 spiro atoms. The molecule has 2 amide bonds. The zero-order valence-electron chi connectivity index (χ0n) is 14.1. The number of nitrogens with one attached hydrogen (secondary N) is 2. The lowest BCUT2D eigenvalue weighted by molar-refractivity contribution is 0.0846. The summed E-state index contributed by atoms with van der Waals surface area (Å²) >= 11 is 0. The Morgan fingerprint density at radius 3 is 2.46 bits per heavy atom. The Bertz CT molecular complexity index is 728. The number of hydrazine groups is 1. The van der Waals surface area contributed by atoms with Crippen molar-refractivity contribution in [3.8, 4) is 5.75 Å². The van der Waals surface area contributed by atoms with Gasteiger partial charge < -0.3 is 4.74 Å². The Morgan fingerprint density at radius 1 is 1.04 bits per heavy atom. The first-order chi connectivity index (χ1) is 11.5. The molecule has 24 heavy (non-hydrogen) atoms. The van der Waals surface area contributed by atoms with Gasteiger partial charge in [-0.25, -0.2) is 0 Å². The van der Waals surface area contributed by atoms with Crippen LogP contribution in [0.2, 0.25) is 0 Å². The summed E-state index contributed by atoms with van der Waals surface area (Å²) in [7, 11) is 0. The molecule has 0 saturated carbocycles. The molecule has 0 aliphatic heterocycles. The van der Waals surface area contributed by atoms with E-state index in [1.807, 2.05) is 32.9 Å². The SMILES string of the molecule is CCC(C)Oc1cccc(C(=O)NNC(=O)c2ccccc2C)c1. The number of hydrogen-bond acceptors (Lipinski definition) is 3. The fourth-order valence-corrected chi connectivity index (χ4v) is 2.11. The monoisotopic (exact) mass is 326 g/mol. The zero-order valence-corrected chi connectivity index (χ0v) is 14.1. The highest BCUT2D eigenvalue weighted by atomic mass is 16.5. The normalized spacial score (nSPS) is 11.5. The Kier molecular flexibility index (Phi) is 5.95. The largest absolute Gasteiger partial charge is 0.491 e. The van der Waals surface area contributed by atoms with E-state index in [4.69, 9.17) is 4.74 Å². The van der Waals surface area contributed by atoms with Crippen molar-refractivity contribution < 1.29 is 14.3 Å². The third kappa shape index (κ3) is 4.59. The van der Waals surface area contributed by atoms with Crippen molar-refractivity contribution in [2.24, 2.45) is 0 Å². The van der Waals surface area contributed by atoms with Gasteiger partial charge in [0.15, 0.2) is 0 Å². The molecule has 0 bridgehead atoms. The molecule has 2 aromatic carbocycles. The Balaban J connectivity index is 1.99. The van der Waals surface area contributed by atoms with Crippen LogP contribution in [0.4, 0.5) is 0 Å². The lowest BCUT2D eigenvalue weighted by atomic mass is 10.1. The minimum absolute atomic E-state index is 0.0732. The average molecular weight is 326 g/mol. The van der Waals surface area contributed by atoms with Crippen molar-refractivity contribution >= 4 is 11.8 Å². The molecule has 1 unspecified atom stereocenters. The van der Waals surface area contributed by atoms with Gasteiger partial charge >= 0.3 is 0 Å². The van der Waals surface area contributed by atoms with Gasteiger partial charge in [-0.1, -0.05) is 31.2 Å². The van der Waals surface area contributed by atoms with E-state index in [0.717, 1.165) is 12.0 Å². The van der Waals surface area contributed by atoms with E-state index in [1.165, 1.54) is 0 Å². The second kappa shape index (κ2) is 8.15. The first-order valence-corrected chi connectivity index (χ1v) is 7.94. The second-order valence-electron chi connectivity index (χ2n) is 5.59. The Morgan fingerprint density at radius 2 is 1.75 bits per heavy atom. The van der Waals surface area contributed by atoms with Crippen LogP contribution in [0.25, 0.3) is 0 Å². The summed E-state index contributed by atoms with van der Waals surface area (Å²) in [6, 6.07) is 14.0. The molecular formula is C19H22N2O3. The van der Waals surface area contributed by atoms with Crippen LogP contribution in [0.1, 0.15) is 46.5 Å². The molecule has 5 nitrogen and oxygen atoms in total. The lowest BCUT2D eigenvalue weighted by Crippen LogP contribution is -2.41. The van der Waals surface area contributed by atoms with Gasteiger partial charge in [-0.3, -0.25) is 20.4 Å². The van der Waals surface area contributed by atoms with Crippen molar-refractivity contribution in [2.45, 2.75) is 33.3 Å². The summed E-state index contributed by atoms with van der Waals surface area (Å²) in [6.45, 7) is 5.84. The topological polar surface area (TPSA) is 67.4 Å². The molecule has 5 heteroatoms. The van der Waals surface area contributed by atoms with Crippen LogP contribution in [-0.4, -0.2) is 17.9 Å². The minimum atomic E-state index is -0.397. The highest BCUT2D eigenvalue weighted by Gasteiger charge is 2.11. The predicted octanol–water partition coefficient (Wildman–Crippen LogP) is 3.25. The molecule has 0 radical (unpaired) electrons. The lowest BCUT2D eigenvalue weighted by Gasteiger charge is -2.13. The summed E-state index contributed by atoms with van der Waals surface area (Å²) in [5, 5.41) is 0. The number of aryl methyl sites for hydroxylation is 1. The van der Waals surface area contributed by atoms with Crippen LogP contribution >= 0.6 is 0 Å². The third-order valence-corrected chi connectivity index (χ3v) is 3.69. The highest BCUT2D eigenvalue weighted by molar-refractivity contribution is 5.99. The van der Waals surface area contributed by atoms with Crippen molar-refractivity contribution in [2.75, 3.05) is 0 Å². The summed E-state index contributed by atoms with van der Waals surface area (Å²) < 4.78 is 5.70. The molecule has 2 N–H and O–H groups in total. The van der Waals surface area contributed by atoms with Gasteiger partial charge in [0.25, 0.3) is 11.8 Å². The number of amides is 2. The van der Waals surface area contributed by atoms with Crippen molar-refractivity contribution in [3.05, 3.63) is 65.2 Å². The van der Waals surface area contributed by atoms with E-state index in [9.17, 15) is 9.59 Å². The molecule has 0 aromatic heterocycles. The molecule has 2 aromatic rings. The molecule has 0 heterocycles. The van der Waals surface area contributed by atoms with Crippen molar-refractivity contribution in [3.63, 3.8) is 0 Å². The second-order valence-corrected chi connectivity index (χ2v) is 5.59. The molecule has 0 fully saturated rings. The molecular weight excluding hydrogens is 304 g/mol. The number of benzene rings is 2. The van der Waals surface area contributed by atoms with E-state index in [-0.39, 0.29) is 12.0 Å². The fraction of sp³-hybridized carbons (Fsp3) is 0.263. The Hall–Kier alpha value is -2.82. The van der Waals surface area contributed by atoms with Crippen LogP contribution < -0.4 is 15.6 Å². The zero-order chi connectivity index (χ0) is 17.5. The number of carbonyl (C=O) groups excluding carboxylic acids is 2. The van der Waals surface area contributed by atoms with Crippen LogP contribution in [0, 0.1) is 6.92 Å². The van der Waals surface area contributed by atoms with Gasteiger partial charge in [-0.15, -0.1) is 0 Å². The quantitative estimate of drug-likeness (QED) is 0.829. The Labute approximate surface area is 142 Å². The highest BCUT2D eigenvalue weighted by Crippen LogP contribution is 2.15. The molecule has 2 rings (SSSR count). The summed E-state index contributed by atoms with van der Waals surface area (Å²) in [5.74, 6) is -0.123. The number of carbonyl (C=O) groups is 2. The summed E-state index contributed by atoms with van der Waals surface area (Å²) in [5.41, 5.74) is 6.63. The van der Waals surface area contributed by atoms with E-state index >= 15 is 0 Å². The van der Waals surface area contributed by atoms with Gasteiger partial charge in [0.2, 0.25) is 0 Å². The van der Waals surface area contributed by atoms with Crippen LogP contribution in [0.5, 0.6) is 5.75 Å². The first kappa shape index (κ1) is 17.5.